The van der Waals surface area contributed by atoms with Gasteiger partial charge in [0.2, 0.25) is 0 Å². The fourth-order valence-electron chi connectivity index (χ4n) is 2.42. The van der Waals surface area contributed by atoms with Crippen LogP contribution in [0.3, 0.4) is 0 Å². The second kappa shape index (κ2) is 5.41. The van der Waals surface area contributed by atoms with Gasteiger partial charge in [0.1, 0.15) is 5.69 Å². The molecule has 1 aliphatic rings. The molecule has 1 heterocycles. The van der Waals surface area contributed by atoms with Gasteiger partial charge in [-0.05, 0) is 18.4 Å². The minimum Gasteiger partial charge on any atom is -0.366 e. The van der Waals surface area contributed by atoms with Crippen molar-refractivity contribution < 1.29 is 9.85 Å². The molecule has 8 heteroatoms. The van der Waals surface area contributed by atoms with Crippen molar-refractivity contribution in [2.45, 2.75) is 19.4 Å². The van der Waals surface area contributed by atoms with Gasteiger partial charge >= 0.3 is 0 Å². The predicted molar refractivity (Wildman–Crippen MR) is 73.7 cm³/mol. The summed E-state index contributed by atoms with van der Waals surface area (Å²) in [6.45, 7) is 3.22. The van der Waals surface area contributed by atoms with Crippen molar-refractivity contribution in [1.82, 2.24) is 0 Å². The zero-order valence-corrected chi connectivity index (χ0v) is 11.1. The SMILES string of the molecule is CC1CN(c2ccc([N+](=O)[O-])cc2[N+](=O)[O-])CCC1N. The molecule has 0 radical (unpaired) electrons. The number of non-ortho nitro benzene ring substituents is 1. The van der Waals surface area contributed by atoms with Crippen LogP contribution in [0.5, 0.6) is 0 Å². The van der Waals surface area contributed by atoms with Crippen molar-refractivity contribution in [3.63, 3.8) is 0 Å². The van der Waals surface area contributed by atoms with E-state index in [0.29, 0.717) is 18.8 Å². The number of rotatable bonds is 3. The first kappa shape index (κ1) is 14.2. The van der Waals surface area contributed by atoms with E-state index in [1.165, 1.54) is 12.1 Å². The van der Waals surface area contributed by atoms with Gasteiger partial charge in [-0.2, -0.15) is 0 Å². The summed E-state index contributed by atoms with van der Waals surface area (Å²) in [4.78, 5) is 22.5. The molecule has 108 valence electrons. The second-order valence-electron chi connectivity index (χ2n) is 5.06. The number of nitrogens with two attached hydrogens (primary N) is 1. The minimum absolute atomic E-state index is 0.0864. The number of anilines is 1. The van der Waals surface area contributed by atoms with Gasteiger partial charge in [0.05, 0.1) is 15.9 Å². The normalized spacial score (nSPS) is 22.6. The highest BCUT2D eigenvalue weighted by Gasteiger charge is 2.29. The van der Waals surface area contributed by atoms with Gasteiger partial charge < -0.3 is 10.6 Å². The van der Waals surface area contributed by atoms with Gasteiger partial charge in [-0.3, -0.25) is 20.2 Å². The monoisotopic (exact) mass is 280 g/mol. The minimum atomic E-state index is -0.633. The number of nitrogens with zero attached hydrogens (tertiary/aromatic N) is 3. The van der Waals surface area contributed by atoms with Gasteiger partial charge in [0.25, 0.3) is 11.4 Å². The molecule has 0 saturated carbocycles. The maximum atomic E-state index is 11.1. The quantitative estimate of drug-likeness (QED) is 0.665. The van der Waals surface area contributed by atoms with Crippen LogP contribution >= 0.6 is 0 Å². The Bertz CT molecular complexity index is 548. The molecule has 8 nitrogen and oxygen atoms in total. The fraction of sp³-hybridized carbons (Fsp3) is 0.500. The topological polar surface area (TPSA) is 116 Å². The van der Waals surface area contributed by atoms with Gasteiger partial charge in [0, 0.05) is 25.2 Å². The largest absolute Gasteiger partial charge is 0.366 e. The number of hydrogen-bond donors (Lipinski definition) is 1. The summed E-state index contributed by atoms with van der Waals surface area (Å²) < 4.78 is 0. The molecule has 2 rings (SSSR count). The number of nitro benzene ring substituents is 2. The van der Waals surface area contributed by atoms with Crippen molar-refractivity contribution in [3.05, 3.63) is 38.4 Å². The Morgan fingerprint density at radius 1 is 1.30 bits per heavy atom. The van der Waals surface area contributed by atoms with Crippen molar-refractivity contribution >= 4 is 17.1 Å². The van der Waals surface area contributed by atoms with Crippen molar-refractivity contribution in [3.8, 4) is 0 Å². The molecular weight excluding hydrogens is 264 g/mol. The van der Waals surface area contributed by atoms with E-state index >= 15 is 0 Å². The molecule has 2 atom stereocenters. The smallest absolute Gasteiger partial charge is 0.299 e. The molecule has 1 fully saturated rings. The van der Waals surface area contributed by atoms with Crippen LogP contribution in [0.2, 0.25) is 0 Å². The summed E-state index contributed by atoms with van der Waals surface area (Å²) in [7, 11) is 0. The van der Waals surface area contributed by atoms with Gasteiger partial charge in [-0.25, -0.2) is 0 Å². The Kier molecular flexibility index (Phi) is 3.84. The van der Waals surface area contributed by atoms with Crippen LogP contribution in [-0.2, 0) is 0 Å². The Balaban J connectivity index is 2.36. The Labute approximate surface area is 115 Å². The first-order valence-electron chi connectivity index (χ1n) is 6.33. The van der Waals surface area contributed by atoms with E-state index in [1.807, 2.05) is 11.8 Å². The summed E-state index contributed by atoms with van der Waals surface area (Å²) in [6.07, 6.45) is 0.745. The molecule has 0 spiro atoms. The van der Waals surface area contributed by atoms with Crippen LogP contribution in [0.1, 0.15) is 13.3 Å². The molecule has 0 bridgehead atoms. The van der Waals surface area contributed by atoms with Gasteiger partial charge in [-0.15, -0.1) is 0 Å². The van der Waals surface area contributed by atoms with E-state index in [9.17, 15) is 20.2 Å². The van der Waals surface area contributed by atoms with Crippen LogP contribution in [0.15, 0.2) is 18.2 Å². The Morgan fingerprint density at radius 2 is 2.00 bits per heavy atom. The lowest BCUT2D eigenvalue weighted by molar-refractivity contribution is -0.393. The molecule has 1 aromatic carbocycles. The van der Waals surface area contributed by atoms with E-state index in [0.717, 1.165) is 12.5 Å². The van der Waals surface area contributed by atoms with E-state index in [4.69, 9.17) is 5.73 Å². The molecule has 2 N–H and O–H groups in total. The lowest BCUT2D eigenvalue weighted by Gasteiger charge is -2.36. The average Bonchev–Trinajstić information content (AvgIpc) is 2.41. The molecule has 0 aliphatic carbocycles. The molecule has 1 saturated heterocycles. The van der Waals surface area contributed by atoms with Crippen LogP contribution < -0.4 is 10.6 Å². The molecular formula is C12H16N4O4. The first-order chi connectivity index (χ1) is 9.40. The van der Waals surface area contributed by atoms with E-state index in [2.05, 4.69) is 0 Å². The summed E-state index contributed by atoms with van der Waals surface area (Å²) in [5.74, 6) is 0.221. The maximum absolute atomic E-state index is 11.1. The highest BCUT2D eigenvalue weighted by molar-refractivity contribution is 5.67. The van der Waals surface area contributed by atoms with E-state index in [1.54, 1.807) is 0 Å². The number of piperidine rings is 1. The van der Waals surface area contributed by atoms with Crippen LogP contribution in [-0.4, -0.2) is 29.0 Å². The summed E-state index contributed by atoms with van der Waals surface area (Å²) >= 11 is 0. The number of nitro groups is 2. The predicted octanol–water partition coefficient (Wildman–Crippen LogP) is 1.68. The first-order valence-corrected chi connectivity index (χ1v) is 6.33. The Hall–Kier alpha value is -2.22. The van der Waals surface area contributed by atoms with Crippen molar-refractivity contribution in [2.75, 3.05) is 18.0 Å². The molecule has 20 heavy (non-hydrogen) atoms. The standard InChI is InChI=1S/C12H16N4O4/c1-8-7-14(5-4-10(8)13)11-3-2-9(15(17)18)6-12(11)16(19)20/h2-3,6,8,10H,4-5,7,13H2,1H3. The lowest BCUT2D eigenvalue weighted by atomic mass is 9.94. The molecule has 0 amide bonds. The number of benzene rings is 1. The zero-order chi connectivity index (χ0) is 14.9. The molecule has 0 aromatic heterocycles. The van der Waals surface area contributed by atoms with Gasteiger partial charge in [-0.1, -0.05) is 6.92 Å². The van der Waals surface area contributed by atoms with Crippen molar-refractivity contribution in [1.29, 1.82) is 0 Å². The van der Waals surface area contributed by atoms with Crippen LogP contribution in [0.25, 0.3) is 0 Å². The number of hydrogen-bond acceptors (Lipinski definition) is 6. The fourth-order valence-corrected chi connectivity index (χ4v) is 2.42. The van der Waals surface area contributed by atoms with Gasteiger partial charge in [0.15, 0.2) is 0 Å². The highest BCUT2D eigenvalue weighted by atomic mass is 16.6. The van der Waals surface area contributed by atoms with Crippen LogP contribution in [0, 0.1) is 26.1 Å². The summed E-state index contributed by atoms with van der Waals surface area (Å²) in [5.41, 5.74) is 5.84. The molecule has 1 aromatic rings. The lowest BCUT2D eigenvalue weighted by Crippen LogP contribution is -2.46. The van der Waals surface area contributed by atoms with E-state index in [-0.39, 0.29) is 23.3 Å². The highest BCUT2D eigenvalue weighted by Crippen LogP contribution is 2.34. The molecule has 1 aliphatic heterocycles. The summed E-state index contributed by atoms with van der Waals surface area (Å²) in [5, 5.41) is 21.8. The third kappa shape index (κ3) is 2.69. The Morgan fingerprint density at radius 3 is 2.55 bits per heavy atom. The maximum Gasteiger partial charge on any atom is 0.299 e. The van der Waals surface area contributed by atoms with Crippen molar-refractivity contribution in [2.24, 2.45) is 11.7 Å². The molecule has 2 unspecified atom stereocenters. The third-order valence-electron chi connectivity index (χ3n) is 3.68. The zero-order valence-electron chi connectivity index (χ0n) is 11.1. The average molecular weight is 280 g/mol. The third-order valence-corrected chi connectivity index (χ3v) is 3.68. The van der Waals surface area contributed by atoms with E-state index < -0.39 is 9.85 Å². The van der Waals surface area contributed by atoms with Crippen LogP contribution in [0.4, 0.5) is 17.1 Å². The summed E-state index contributed by atoms with van der Waals surface area (Å²) in [6, 6.07) is 3.83. The second-order valence-corrected chi connectivity index (χ2v) is 5.06.